The van der Waals surface area contributed by atoms with Crippen LogP contribution in [0, 0.1) is 17.5 Å². The highest BCUT2D eigenvalue weighted by Gasteiger charge is 2.16. The third-order valence-corrected chi connectivity index (χ3v) is 3.94. The topological polar surface area (TPSA) is 61.4 Å². The van der Waals surface area contributed by atoms with E-state index in [9.17, 15) is 22.8 Å². The number of amides is 2. The fourth-order valence-corrected chi connectivity index (χ4v) is 2.45. The summed E-state index contributed by atoms with van der Waals surface area (Å²) in [7, 11) is 1.51. The van der Waals surface area contributed by atoms with Crippen molar-refractivity contribution in [1.29, 1.82) is 0 Å². The molecule has 0 spiro atoms. The summed E-state index contributed by atoms with van der Waals surface area (Å²) in [4.78, 5) is 25.2. The molecule has 0 atom stereocenters. The zero-order valence-corrected chi connectivity index (χ0v) is 15.1. The van der Waals surface area contributed by atoms with Crippen LogP contribution in [0.5, 0.6) is 0 Å². The highest BCUT2D eigenvalue weighted by molar-refractivity contribution is 6.31. The summed E-state index contributed by atoms with van der Waals surface area (Å²) in [5.41, 5.74) is 0.275. The summed E-state index contributed by atoms with van der Waals surface area (Å²) < 4.78 is 39.6. The minimum Gasteiger partial charge on any atom is -0.351 e. The molecule has 9 heteroatoms. The van der Waals surface area contributed by atoms with Gasteiger partial charge in [0.2, 0.25) is 11.8 Å². The zero-order valence-electron chi connectivity index (χ0n) is 14.4. The molecular weight excluding hydrogens is 383 g/mol. The first-order chi connectivity index (χ1) is 12.8. The molecule has 2 aromatic rings. The number of halogens is 4. The van der Waals surface area contributed by atoms with Gasteiger partial charge < -0.3 is 10.6 Å². The Hall–Kier alpha value is -2.58. The van der Waals surface area contributed by atoms with Crippen molar-refractivity contribution in [2.75, 3.05) is 25.5 Å². The lowest BCUT2D eigenvalue weighted by molar-refractivity contribution is -0.123. The smallest absolute Gasteiger partial charge is 0.238 e. The van der Waals surface area contributed by atoms with Crippen molar-refractivity contribution in [1.82, 2.24) is 10.2 Å². The fourth-order valence-electron chi connectivity index (χ4n) is 2.25. The Morgan fingerprint density at radius 1 is 1.00 bits per heavy atom. The number of hydrogen-bond acceptors (Lipinski definition) is 3. The normalized spacial score (nSPS) is 10.7. The van der Waals surface area contributed by atoms with Gasteiger partial charge in [-0.1, -0.05) is 29.8 Å². The largest absolute Gasteiger partial charge is 0.351 e. The molecule has 2 aromatic carbocycles. The van der Waals surface area contributed by atoms with E-state index in [0.29, 0.717) is 11.1 Å². The minimum atomic E-state index is -1.67. The first-order valence-corrected chi connectivity index (χ1v) is 8.27. The third kappa shape index (κ3) is 5.97. The fraction of sp³-hybridized carbons (Fsp3) is 0.222. The number of rotatable bonds is 7. The molecular formula is C18H17ClF3N3O2. The average Bonchev–Trinajstić information content (AvgIpc) is 2.61. The molecule has 0 heterocycles. The number of hydrogen-bond donors (Lipinski definition) is 2. The van der Waals surface area contributed by atoms with Gasteiger partial charge in [0, 0.05) is 11.6 Å². The summed E-state index contributed by atoms with van der Waals surface area (Å²) in [5, 5.41) is 5.33. The quantitative estimate of drug-likeness (QED) is 0.704. The molecule has 0 aliphatic carbocycles. The van der Waals surface area contributed by atoms with Crippen LogP contribution in [-0.2, 0) is 16.1 Å². The molecule has 0 aliphatic heterocycles. The molecule has 0 radical (unpaired) electrons. The molecule has 144 valence electrons. The van der Waals surface area contributed by atoms with Gasteiger partial charge in [-0.05, 0) is 30.8 Å². The van der Waals surface area contributed by atoms with Gasteiger partial charge in [-0.15, -0.1) is 0 Å². The number of nitrogens with one attached hydrogen (secondary N) is 2. The minimum absolute atomic E-state index is 0.0991. The van der Waals surface area contributed by atoms with E-state index >= 15 is 0 Å². The molecule has 0 unspecified atom stereocenters. The summed E-state index contributed by atoms with van der Waals surface area (Å²) in [5.74, 6) is -5.52. The lowest BCUT2D eigenvalue weighted by Gasteiger charge is -2.16. The van der Waals surface area contributed by atoms with Crippen molar-refractivity contribution in [3.63, 3.8) is 0 Å². The van der Waals surface area contributed by atoms with Crippen molar-refractivity contribution >= 4 is 29.1 Å². The van der Waals surface area contributed by atoms with Crippen LogP contribution in [0.25, 0.3) is 0 Å². The second-order valence-corrected chi connectivity index (χ2v) is 6.22. The Kier molecular flexibility index (Phi) is 7.20. The van der Waals surface area contributed by atoms with Crippen molar-refractivity contribution in [3.05, 3.63) is 64.4 Å². The summed E-state index contributed by atoms with van der Waals surface area (Å²) in [6.07, 6.45) is 0. The van der Waals surface area contributed by atoms with Gasteiger partial charge in [0.1, 0.15) is 0 Å². The average molecular weight is 400 g/mol. The number of anilines is 1. The molecule has 0 bridgehead atoms. The van der Waals surface area contributed by atoms with Crippen LogP contribution in [0.2, 0.25) is 5.02 Å². The van der Waals surface area contributed by atoms with Crippen LogP contribution in [0.15, 0.2) is 36.4 Å². The van der Waals surface area contributed by atoms with E-state index in [-0.39, 0.29) is 25.5 Å². The van der Waals surface area contributed by atoms with Gasteiger partial charge in [0.25, 0.3) is 0 Å². The molecule has 5 nitrogen and oxygen atoms in total. The number of nitrogens with zero attached hydrogens (tertiary/aromatic N) is 1. The predicted octanol–water partition coefficient (Wildman–Crippen LogP) is 2.94. The van der Waals surface area contributed by atoms with E-state index in [1.165, 1.54) is 11.9 Å². The molecule has 2 amide bonds. The number of carbonyl (C=O) groups is 2. The summed E-state index contributed by atoms with van der Waals surface area (Å²) in [6.45, 7) is -0.116. The van der Waals surface area contributed by atoms with Gasteiger partial charge >= 0.3 is 0 Å². The van der Waals surface area contributed by atoms with Crippen molar-refractivity contribution < 1.29 is 22.8 Å². The van der Waals surface area contributed by atoms with Crippen LogP contribution in [0.4, 0.5) is 18.9 Å². The van der Waals surface area contributed by atoms with Gasteiger partial charge in [0.15, 0.2) is 17.5 Å². The molecule has 0 saturated heterocycles. The molecule has 0 fully saturated rings. The maximum Gasteiger partial charge on any atom is 0.238 e. The molecule has 2 rings (SSSR count). The Labute approximate surface area is 159 Å². The predicted molar refractivity (Wildman–Crippen MR) is 95.7 cm³/mol. The van der Waals surface area contributed by atoms with Gasteiger partial charge in [0.05, 0.1) is 18.8 Å². The van der Waals surface area contributed by atoms with Crippen LogP contribution >= 0.6 is 11.6 Å². The van der Waals surface area contributed by atoms with E-state index in [0.717, 1.165) is 11.6 Å². The number of likely N-dealkylation sites (N-methyl/N-ethyl adjacent to an activating group) is 1. The Morgan fingerprint density at radius 2 is 1.67 bits per heavy atom. The maximum atomic E-state index is 13.5. The van der Waals surface area contributed by atoms with E-state index in [2.05, 4.69) is 10.6 Å². The molecule has 0 saturated carbocycles. The van der Waals surface area contributed by atoms with Crippen LogP contribution in [0.1, 0.15) is 5.56 Å². The standard InChI is InChI=1S/C18H17ClF3N3O2/c1-25(9-15(26)23-8-11-4-2-3-5-12(11)19)10-16(27)24-14-7-6-13(20)17(21)18(14)22/h2-7H,8-10H2,1H3,(H,23,26)(H,24,27). The Bertz CT molecular complexity index is 849. The van der Waals surface area contributed by atoms with Crippen molar-refractivity contribution in [2.45, 2.75) is 6.54 Å². The summed E-state index contributed by atoms with van der Waals surface area (Å²) in [6, 6.07) is 8.67. The second kappa shape index (κ2) is 9.38. The maximum absolute atomic E-state index is 13.5. The van der Waals surface area contributed by atoms with E-state index in [4.69, 9.17) is 11.6 Å². The Morgan fingerprint density at radius 3 is 2.37 bits per heavy atom. The monoisotopic (exact) mass is 399 g/mol. The van der Waals surface area contributed by atoms with Gasteiger partial charge in [-0.3, -0.25) is 14.5 Å². The SMILES string of the molecule is CN(CC(=O)NCc1ccccc1Cl)CC(=O)Nc1ccc(F)c(F)c1F. The summed E-state index contributed by atoms with van der Waals surface area (Å²) >= 11 is 6.00. The van der Waals surface area contributed by atoms with Crippen LogP contribution in [-0.4, -0.2) is 36.9 Å². The van der Waals surface area contributed by atoms with E-state index < -0.39 is 29.0 Å². The van der Waals surface area contributed by atoms with Crippen LogP contribution in [0.3, 0.4) is 0 Å². The van der Waals surface area contributed by atoms with Crippen molar-refractivity contribution in [2.24, 2.45) is 0 Å². The molecule has 0 aliphatic rings. The van der Waals surface area contributed by atoms with E-state index in [1.54, 1.807) is 24.3 Å². The van der Waals surface area contributed by atoms with Crippen molar-refractivity contribution in [3.8, 4) is 0 Å². The zero-order chi connectivity index (χ0) is 20.0. The van der Waals surface area contributed by atoms with Crippen LogP contribution < -0.4 is 10.6 Å². The number of benzene rings is 2. The van der Waals surface area contributed by atoms with Gasteiger partial charge in [-0.25, -0.2) is 13.2 Å². The molecule has 27 heavy (non-hydrogen) atoms. The lowest BCUT2D eigenvalue weighted by atomic mass is 10.2. The Balaban J connectivity index is 1.81. The highest BCUT2D eigenvalue weighted by atomic mass is 35.5. The first kappa shape index (κ1) is 20.7. The molecule has 2 N–H and O–H groups in total. The van der Waals surface area contributed by atoms with E-state index in [1.807, 2.05) is 0 Å². The number of carbonyl (C=O) groups excluding carboxylic acids is 2. The second-order valence-electron chi connectivity index (χ2n) is 5.81. The third-order valence-electron chi connectivity index (χ3n) is 3.57. The highest BCUT2D eigenvalue weighted by Crippen LogP contribution is 2.19. The van der Waals surface area contributed by atoms with Gasteiger partial charge in [-0.2, -0.15) is 0 Å². The lowest BCUT2D eigenvalue weighted by Crippen LogP contribution is -2.38. The molecule has 0 aromatic heterocycles. The first-order valence-electron chi connectivity index (χ1n) is 7.90.